The maximum atomic E-state index is 12.3. The minimum absolute atomic E-state index is 0.0368. The Bertz CT molecular complexity index is 382. The highest BCUT2D eigenvalue weighted by Crippen LogP contribution is 2.26. The highest BCUT2D eigenvalue weighted by atomic mass is 16.4. The van der Waals surface area contributed by atoms with Crippen molar-refractivity contribution >= 4 is 17.8 Å². The van der Waals surface area contributed by atoms with Crippen molar-refractivity contribution in [2.24, 2.45) is 11.8 Å². The molecule has 6 heteroatoms. The zero-order valence-electron chi connectivity index (χ0n) is 10.4. The normalized spacial score (nSPS) is 32.2. The number of nitrogens with one attached hydrogen (secondary N) is 1. The van der Waals surface area contributed by atoms with Crippen molar-refractivity contribution in [1.82, 2.24) is 10.2 Å². The Morgan fingerprint density at radius 3 is 2.72 bits per heavy atom. The van der Waals surface area contributed by atoms with E-state index < -0.39 is 17.9 Å². The van der Waals surface area contributed by atoms with E-state index in [1.807, 2.05) is 6.92 Å². The molecular weight excluding hydrogens is 236 g/mol. The van der Waals surface area contributed by atoms with Crippen LogP contribution in [0.25, 0.3) is 0 Å². The van der Waals surface area contributed by atoms with Gasteiger partial charge in [0.1, 0.15) is 6.04 Å². The monoisotopic (exact) mass is 254 g/mol. The molecule has 2 fully saturated rings. The van der Waals surface area contributed by atoms with E-state index in [0.717, 1.165) is 12.8 Å². The van der Waals surface area contributed by atoms with E-state index in [1.54, 1.807) is 0 Å². The molecule has 2 amide bonds. The molecule has 2 aliphatic heterocycles. The third kappa shape index (κ3) is 2.32. The van der Waals surface area contributed by atoms with Crippen molar-refractivity contribution in [3.8, 4) is 0 Å². The van der Waals surface area contributed by atoms with Gasteiger partial charge in [0.2, 0.25) is 11.8 Å². The molecule has 100 valence electrons. The fourth-order valence-electron chi connectivity index (χ4n) is 2.83. The number of piperidine rings is 1. The van der Waals surface area contributed by atoms with Gasteiger partial charge in [-0.1, -0.05) is 6.92 Å². The van der Waals surface area contributed by atoms with Crippen LogP contribution in [0.3, 0.4) is 0 Å². The summed E-state index contributed by atoms with van der Waals surface area (Å²) < 4.78 is 0. The molecule has 18 heavy (non-hydrogen) atoms. The van der Waals surface area contributed by atoms with E-state index >= 15 is 0 Å². The van der Waals surface area contributed by atoms with Crippen molar-refractivity contribution in [2.75, 3.05) is 13.1 Å². The topological polar surface area (TPSA) is 86.7 Å². The number of nitrogens with zero attached hydrogens (tertiary/aromatic N) is 1. The van der Waals surface area contributed by atoms with E-state index in [4.69, 9.17) is 0 Å². The Labute approximate surface area is 105 Å². The molecule has 0 bridgehead atoms. The third-order valence-electron chi connectivity index (χ3n) is 3.80. The molecule has 0 aromatic rings. The van der Waals surface area contributed by atoms with Gasteiger partial charge < -0.3 is 15.3 Å². The largest absolute Gasteiger partial charge is 0.480 e. The van der Waals surface area contributed by atoms with Gasteiger partial charge in [0.25, 0.3) is 0 Å². The number of carboxylic acids is 1. The first-order chi connectivity index (χ1) is 8.50. The van der Waals surface area contributed by atoms with Crippen LogP contribution < -0.4 is 5.32 Å². The Balaban J connectivity index is 2.11. The molecule has 0 spiro atoms. The van der Waals surface area contributed by atoms with E-state index in [1.165, 1.54) is 4.90 Å². The Morgan fingerprint density at radius 1 is 1.44 bits per heavy atom. The van der Waals surface area contributed by atoms with E-state index in [0.29, 0.717) is 13.1 Å². The fraction of sp³-hybridized carbons (Fsp3) is 0.750. The molecule has 0 radical (unpaired) electrons. The zero-order valence-corrected chi connectivity index (χ0v) is 10.4. The van der Waals surface area contributed by atoms with E-state index in [-0.39, 0.29) is 24.2 Å². The summed E-state index contributed by atoms with van der Waals surface area (Å²) in [6.07, 6.45) is 1.82. The van der Waals surface area contributed by atoms with Gasteiger partial charge in [-0.2, -0.15) is 0 Å². The number of carbonyl (C=O) groups is 3. The van der Waals surface area contributed by atoms with Gasteiger partial charge in [-0.15, -0.1) is 0 Å². The molecule has 2 N–H and O–H groups in total. The summed E-state index contributed by atoms with van der Waals surface area (Å²) in [5.41, 5.74) is 0. The first-order valence-electron chi connectivity index (χ1n) is 6.30. The van der Waals surface area contributed by atoms with Gasteiger partial charge in [0.05, 0.1) is 5.92 Å². The molecule has 3 unspecified atom stereocenters. The van der Waals surface area contributed by atoms with Crippen LogP contribution in [-0.4, -0.2) is 46.9 Å². The second-order valence-electron chi connectivity index (χ2n) is 5.14. The predicted octanol–water partition coefficient (Wildman–Crippen LogP) is -0.166. The van der Waals surface area contributed by atoms with Crippen molar-refractivity contribution in [3.05, 3.63) is 0 Å². The lowest BCUT2D eigenvalue weighted by Gasteiger charge is -2.38. The molecule has 2 aliphatic rings. The molecule has 0 saturated carbocycles. The molecule has 2 saturated heterocycles. The molecule has 0 aliphatic carbocycles. The number of hydrogen-bond acceptors (Lipinski definition) is 3. The van der Waals surface area contributed by atoms with E-state index in [9.17, 15) is 19.5 Å². The van der Waals surface area contributed by atoms with Gasteiger partial charge in [0.15, 0.2) is 0 Å². The molecular formula is C12H18N2O4. The Kier molecular flexibility index (Phi) is 3.54. The van der Waals surface area contributed by atoms with Crippen molar-refractivity contribution < 1.29 is 19.5 Å². The minimum Gasteiger partial charge on any atom is -0.480 e. The van der Waals surface area contributed by atoms with Gasteiger partial charge in [0, 0.05) is 19.5 Å². The van der Waals surface area contributed by atoms with Crippen LogP contribution in [-0.2, 0) is 14.4 Å². The SMILES string of the molecule is CC1CCCN(C(=O)C2CNC(=O)C2)C1C(=O)O. The Morgan fingerprint density at radius 2 is 2.17 bits per heavy atom. The quantitative estimate of drug-likeness (QED) is 0.716. The van der Waals surface area contributed by atoms with Crippen LogP contribution >= 0.6 is 0 Å². The summed E-state index contributed by atoms with van der Waals surface area (Å²) in [6.45, 7) is 2.66. The van der Waals surface area contributed by atoms with Crippen molar-refractivity contribution in [3.63, 3.8) is 0 Å². The lowest BCUT2D eigenvalue weighted by Crippen LogP contribution is -2.53. The highest BCUT2D eigenvalue weighted by molar-refractivity contribution is 5.91. The molecule has 0 aromatic carbocycles. The third-order valence-corrected chi connectivity index (χ3v) is 3.80. The van der Waals surface area contributed by atoms with Crippen LogP contribution in [0.2, 0.25) is 0 Å². The lowest BCUT2D eigenvalue weighted by atomic mass is 9.89. The number of amides is 2. The van der Waals surface area contributed by atoms with Crippen LogP contribution in [0.4, 0.5) is 0 Å². The van der Waals surface area contributed by atoms with Gasteiger partial charge in [-0.05, 0) is 18.8 Å². The number of carboxylic acid groups (broad SMARTS) is 1. The molecule has 6 nitrogen and oxygen atoms in total. The fourth-order valence-corrected chi connectivity index (χ4v) is 2.83. The number of rotatable bonds is 2. The molecule has 3 atom stereocenters. The number of carbonyl (C=O) groups excluding carboxylic acids is 2. The first-order valence-corrected chi connectivity index (χ1v) is 6.30. The summed E-state index contributed by atoms with van der Waals surface area (Å²) in [5, 5.41) is 11.9. The summed E-state index contributed by atoms with van der Waals surface area (Å²) in [4.78, 5) is 36.1. The van der Waals surface area contributed by atoms with E-state index in [2.05, 4.69) is 5.32 Å². The second-order valence-corrected chi connectivity index (χ2v) is 5.14. The molecule has 0 aromatic heterocycles. The Hall–Kier alpha value is -1.59. The number of aliphatic carboxylic acids is 1. The average molecular weight is 254 g/mol. The maximum absolute atomic E-state index is 12.3. The number of likely N-dealkylation sites (tertiary alicyclic amines) is 1. The second kappa shape index (κ2) is 4.96. The molecule has 2 heterocycles. The maximum Gasteiger partial charge on any atom is 0.326 e. The summed E-state index contributed by atoms with van der Waals surface area (Å²) in [7, 11) is 0. The van der Waals surface area contributed by atoms with Crippen molar-refractivity contribution in [1.29, 1.82) is 0 Å². The van der Waals surface area contributed by atoms with Gasteiger partial charge >= 0.3 is 5.97 Å². The average Bonchev–Trinajstić information content (AvgIpc) is 2.74. The smallest absolute Gasteiger partial charge is 0.326 e. The highest BCUT2D eigenvalue weighted by Gasteiger charge is 2.40. The summed E-state index contributed by atoms with van der Waals surface area (Å²) >= 11 is 0. The molecule has 2 rings (SSSR count). The van der Waals surface area contributed by atoms with Crippen LogP contribution in [0.1, 0.15) is 26.2 Å². The van der Waals surface area contributed by atoms with Crippen molar-refractivity contribution in [2.45, 2.75) is 32.2 Å². The van der Waals surface area contributed by atoms with Crippen LogP contribution in [0.15, 0.2) is 0 Å². The standard InChI is InChI=1S/C12H18N2O4/c1-7-3-2-4-14(10(7)12(17)18)11(16)8-5-9(15)13-6-8/h7-8,10H,2-6H2,1H3,(H,13,15)(H,17,18). The summed E-state index contributed by atoms with van der Waals surface area (Å²) in [6, 6.07) is -0.748. The zero-order chi connectivity index (χ0) is 13.3. The van der Waals surface area contributed by atoms with Crippen LogP contribution in [0, 0.1) is 11.8 Å². The van der Waals surface area contributed by atoms with Crippen LogP contribution in [0.5, 0.6) is 0 Å². The summed E-state index contributed by atoms with van der Waals surface area (Å²) in [5.74, 6) is -1.72. The predicted molar refractivity (Wildman–Crippen MR) is 62.7 cm³/mol. The lowest BCUT2D eigenvalue weighted by molar-refractivity contribution is -0.156. The number of hydrogen-bond donors (Lipinski definition) is 2. The van der Waals surface area contributed by atoms with Gasteiger partial charge in [-0.3, -0.25) is 9.59 Å². The first kappa shape index (κ1) is 12.9. The minimum atomic E-state index is -0.951. The van der Waals surface area contributed by atoms with Gasteiger partial charge in [-0.25, -0.2) is 4.79 Å².